The quantitative estimate of drug-likeness (QED) is 0.408. The Kier molecular flexibility index (Phi) is 4.43. The van der Waals surface area contributed by atoms with Crippen LogP contribution < -0.4 is 0 Å². The van der Waals surface area contributed by atoms with E-state index in [1.807, 2.05) is 0 Å². The number of hydrogen-bond donors (Lipinski definition) is 0. The summed E-state index contributed by atoms with van der Waals surface area (Å²) in [6, 6.07) is 0. The fraction of sp³-hybridized carbons (Fsp3) is 0.800. The molecule has 0 saturated heterocycles. The summed E-state index contributed by atoms with van der Waals surface area (Å²) in [5.74, 6) is 2.35. The highest BCUT2D eigenvalue weighted by molar-refractivity contribution is 7.87. The minimum absolute atomic E-state index is 0.120. The molecule has 3 nitrogen and oxygen atoms in total. The number of terminal acetylenes is 1. The first kappa shape index (κ1) is 11.5. The molecular formula is C10H16O3S. The lowest BCUT2D eigenvalue weighted by atomic mass is 10.0. The van der Waals surface area contributed by atoms with Crippen LogP contribution in [0.15, 0.2) is 0 Å². The minimum Gasteiger partial charge on any atom is -0.269 e. The van der Waals surface area contributed by atoms with Gasteiger partial charge in [-0.25, -0.2) is 0 Å². The maximum atomic E-state index is 11.6. The molecule has 0 aliphatic heterocycles. The fourth-order valence-corrected chi connectivity index (χ4v) is 3.09. The lowest BCUT2D eigenvalue weighted by Crippen LogP contribution is -2.26. The van der Waals surface area contributed by atoms with Crippen molar-refractivity contribution in [3.8, 4) is 12.3 Å². The van der Waals surface area contributed by atoms with Crippen LogP contribution in [-0.2, 0) is 14.3 Å². The topological polar surface area (TPSA) is 43.4 Å². The Hall–Kier alpha value is -0.530. The largest absolute Gasteiger partial charge is 0.270 e. The van der Waals surface area contributed by atoms with Crippen LogP contribution in [0.4, 0.5) is 0 Å². The van der Waals surface area contributed by atoms with Crippen LogP contribution in [0.1, 0.15) is 38.5 Å². The van der Waals surface area contributed by atoms with Gasteiger partial charge in [-0.05, 0) is 12.8 Å². The zero-order valence-electron chi connectivity index (χ0n) is 8.24. The van der Waals surface area contributed by atoms with Crippen LogP contribution in [0.3, 0.4) is 0 Å². The van der Waals surface area contributed by atoms with Crippen molar-refractivity contribution in [3.05, 3.63) is 0 Å². The molecule has 1 rings (SSSR count). The highest BCUT2D eigenvalue weighted by Gasteiger charge is 2.27. The van der Waals surface area contributed by atoms with Gasteiger partial charge in [0.2, 0.25) is 0 Å². The van der Waals surface area contributed by atoms with Crippen molar-refractivity contribution < 1.29 is 12.6 Å². The lowest BCUT2D eigenvalue weighted by Gasteiger charge is -2.20. The van der Waals surface area contributed by atoms with Crippen molar-refractivity contribution in [2.24, 2.45) is 0 Å². The second-order valence-corrected chi connectivity index (χ2v) is 5.42. The summed E-state index contributed by atoms with van der Waals surface area (Å²) in [4.78, 5) is 0. The molecule has 0 aromatic carbocycles. The van der Waals surface area contributed by atoms with Crippen LogP contribution in [-0.4, -0.2) is 20.3 Å². The fourth-order valence-electron chi connectivity index (χ4n) is 1.67. The second kappa shape index (κ2) is 5.38. The van der Waals surface area contributed by atoms with E-state index < -0.39 is 10.1 Å². The van der Waals surface area contributed by atoms with Gasteiger partial charge < -0.3 is 0 Å². The first-order valence-corrected chi connectivity index (χ1v) is 6.45. The molecule has 0 amide bonds. The summed E-state index contributed by atoms with van der Waals surface area (Å²) in [6.07, 6.45) is 9.95. The van der Waals surface area contributed by atoms with Crippen LogP contribution in [0.2, 0.25) is 0 Å². The highest BCUT2D eigenvalue weighted by atomic mass is 32.2. The molecule has 0 aromatic heterocycles. The third kappa shape index (κ3) is 3.32. The van der Waals surface area contributed by atoms with Crippen molar-refractivity contribution in [2.45, 2.75) is 43.8 Å². The van der Waals surface area contributed by atoms with Gasteiger partial charge in [-0.3, -0.25) is 4.18 Å². The van der Waals surface area contributed by atoms with Gasteiger partial charge in [-0.15, -0.1) is 12.3 Å². The summed E-state index contributed by atoms with van der Waals surface area (Å²) < 4.78 is 28.0. The van der Waals surface area contributed by atoms with Gasteiger partial charge in [0.25, 0.3) is 10.1 Å². The molecule has 0 bridgehead atoms. The second-order valence-electron chi connectivity index (χ2n) is 3.53. The standard InChI is InChI=1S/C10H16O3S/c1-2-3-9-13-14(11,12)10-7-5-4-6-8-10/h1,10H,3-9H2. The predicted octanol–water partition coefficient (Wildman–Crippen LogP) is 1.69. The zero-order valence-corrected chi connectivity index (χ0v) is 9.05. The third-order valence-electron chi connectivity index (χ3n) is 2.45. The molecule has 0 radical (unpaired) electrons. The molecule has 1 saturated carbocycles. The molecule has 0 unspecified atom stereocenters. The molecule has 0 spiro atoms. The van der Waals surface area contributed by atoms with Crippen molar-refractivity contribution >= 4 is 10.1 Å². The molecule has 0 atom stereocenters. The number of rotatable bonds is 4. The Labute approximate surface area is 86.0 Å². The van der Waals surface area contributed by atoms with Crippen LogP contribution in [0.25, 0.3) is 0 Å². The van der Waals surface area contributed by atoms with E-state index in [0.717, 1.165) is 32.1 Å². The van der Waals surface area contributed by atoms with Gasteiger partial charge in [-0.1, -0.05) is 19.3 Å². The maximum absolute atomic E-state index is 11.6. The third-order valence-corrected chi connectivity index (χ3v) is 4.24. The molecule has 0 heterocycles. The van der Waals surface area contributed by atoms with E-state index >= 15 is 0 Å². The monoisotopic (exact) mass is 216 g/mol. The first-order chi connectivity index (χ1) is 6.67. The summed E-state index contributed by atoms with van der Waals surface area (Å²) >= 11 is 0. The minimum atomic E-state index is -3.35. The maximum Gasteiger partial charge on any atom is 0.270 e. The summed E-state index contributed by atoms with van der Waals surface area (Å²) in [5, 5.41) is -0.297. The Morgan fingerprint density at radius 1 is 1.29 bits per heavy atom. The highest BCUT2D eigenvalue weighted by Crippen LogP contribution is 2.24. The Morgan fingerprint density at radius 2 is 1.93 bits per heavy atom. The normalized spacial score (nSPS) is 19.1. The van der Waals surface area contributed by atoms with Crippen LogP contribution >= 0.6 is 0 Å². The molecule has 4 heteroatoms. The van der Waals surface area contributed by atoms with Gasteiger partial charge in [0.15, 0.2) is 0 Å². The van der Waals surface area contributed by atoms with Crippen molar-refractivity contribution in [3.63, 3.8) is 0 Å². The first-order valence-electron chi connectivity index (χ1n) is 4.98. The average Bonchev–Trinajstić information content (AvgIpc) is 2.19. The van der Waals surface area contributed by atoms with Crippen molar-refractivity contribution in [1.82, 2.24) is 0 Å². The van der Waals surface area contributed by atoms with Crippen LogP contribution in [0, 0.1) is 12.3 Å². The Morgan fingerprint density at radius 3 is 2.50 bits per heavy atom. The summed E-state index contributed by atoms with van der Waals surface area (Å²) in [6.45, 7) is 0.120. The lowest BCUT2D eigenvalue weighted by molar-refractivity contribution is 0.311. The van der Waals surface area contributed by atoms with E-state index in [1.165, 1.54) is 0 Å². The molecule has 80 valence electrons. The molecule has 14 heavy (non-hydrogen) atoms. The Bertz CT molecular complexity index is 294. The molecule has 0 N–H and O–H groups in total. The van der Waals surface area contributed by atoms with Crippen molar-refractivity contribution in [2.75, 3.05) is 6.61 Å². The van der Waals surface area contributed by atoms with Gasteiger partial charge >= 0.3 is 0 Å². The van der Waals surface area contributed by atoms with E-state index in [4.69, 9.17) is 10.6 Å². The molecule has 1 aliphatic carbocycles. The average molecular weight is 216 g/mol. The molecule has 1 fully saturated rings. The Balaban J connectivity index is 2.43. The van der Waals surface area contributed by atoms with Gasteiger partial charge in [0, 0.05) is 6.42 Å². The van der Waals surface area contributed by atoms with E-state index in [-0.39, 0.29) is 11.9 Å². The van der Waals surface area contributed by atoms with Gasteiger partial charge in [0.05, 0.1) is 11.9 Å². The van der Waals surface area contributed by atoms with E-state index in [1.54, 1.807) is 0 Å². The van der Waals surface area contributed by atoms with Crippen LogP contribution in [0.5, 0.6) is 0 Å². The van der Waals surface area contributed by atoms with Gasteiger partial charge in [0.1, 0.15) is 0 Å². The molecule has 1 aliphatic rings. The smallest absolute Gasteiger partial charge is 0.269 e. The van der Waals surface area contributed by atoms with E-state index in [0.29, 0.717) is 6.42 Å². The molecular weight excluding hydrogens is 200 g/mol. The molecule has 0 aromatic rings. The van der Waals surface area contributed by atoms with Crippen molar-refractivity contribution in [1.29, 1.82) is 0 Å². The summed E-state index contributed by atoms with van der Waals surface area (Å²) in [7, 11) is -3.35. The summed E-state index contributed by atoms with van der Waals surface area (Å²) in [5.41, 5.74) is 0. The SMILES string of the molecule is C#CCCOS(=O)(=O)C1CCCCC1. The van der Waals surface area contributed by atoms with Gasteiger partial charge in [-0.2, -0.15) is 8.42 Å². The van der Waals surface area contributed by atoms with E-state index in [2.05, 4.69) is 5.92 Å². The zero-order chi connectivity index (χ0) is 10.4. The van der Waals surface area contributed by atoms with E-state index in [9.17, 15) is 8.42 Å². The number of hydrogen-bond acceptors (Lipinski definition) is 3. The predicted molar refractivity (Wildman–Crippen MR) is 55.2 cm³/mol.